The van der Waals surface area contributed by atoms with Crippen LogP contribution in [-0.4, -0.2) is 33.3 Å². The van der Waals surface area contributed by atoms with Gasteiger partial charge in [0.1, 0.15) is 6.29 Å². The van der Waals surface area contributed by atoms with E-state index in [2.05, 4.69) is 4.74 Å². The van der Waals surface area contributed by atoms with E-state index >= 15 is 0 Å². The molecule has 0 aromatic heterocycles. The maximum atomic E-state index is 11.3. The van der Waals surface area contributed by atoms with Crippen molar-refractivity contribution in [3.05, 3.63) is 17.7 Å². The lowest BCUT2D eigenvalue weighted by Crippen LogP contribution is -2.11. The molecule has 0 atom stereocenters. The van der Waals surface area contributed by atoms with Gasteiger partial charge in [-0.1, -0.05) is 0 Å². The van der Waals surface area contributed by atoms with Crippen LogP contribution in [0.4, 0.5) is 4.79 Å². The van der Waals surface area contributed by atoms with Crippen LogP contribution < -0.4 is 14.2 Å². The van der Waals surface area contributed by atoms with Crippen LogP contribution in [0.15, 0.2) is 12.1 Å². The van der Waals surface area contributed by atoms with E-state index in [1.54, 1.807) is 6.92 Å². The third kappa shape index (κ3) is 3.13. The summed E-state index contributed by atoms with van der Waals surface area (Å²) in [5.41, 5.74) is 0.347. The molecule has 0 radical (unpaired) electrons. The Morgan fingerprint density at radius 3 is 2.17 bits per heavy atom. The summed E-state index contributed by atoms with van der Waals surface area (Å²) in [6.07, 6.45) is -0.230. The summed E-state index contributed by atoms with van der Waals surface area (Å²) in [6, 6.07) is 2.87. The molecule has 0 saturated heterocycles. The predicted octanol–water partition coefficient (Wildman–Crippen LogP) is 2.05. The molecule has 0 aliphatic heterocycles. The molecule has 6 nitrogen and oxygen atoms in total. The minimum atomic E-state index is -0.868. The Morgan fingerprint density at radius 1 is 1.22 bits per heavy atom. The third-order valence-corrected chi connectivity index (χ3v) is 2.07. The van der Waals surface area contributed by atoms with Crippen molar-refractivity contribution in [2.24, 2.45) is 0 Å². The fourth-order valence-corrected chi connectivity index (χ4v) is 1.30. The molecular weight excluding hydrogens is 240 g/mol. The van der Waals surface area contributed by atoms with Crippen molar-refractivity contribution in [1.29, 1.82) is 0 Å². The minimum Gasteiger partial charge on any atom is -0.493 e. The number of hydrogen-bond acceptors (Lipinski definition) is 6. The zero-order valence-corrected chi connectivity index (χ0v) is 10.4. The second kappa shape index (κ2) is 6.48. The number of carbonyl (C=O) groups is 2. The van der Waals surface area contributed by atoms with Crippen LogP contribution in [0.25, 0.3) is 0 Å². The number of rotatable bonds is 5. The molecule has 0 aliphatic rings. The van der Waals surface area contributed by atoms with Gasteiger partial charge in [-0.05, 0) is 19.1 Å². The molecule has 98 valence electrons. The van der Waals surface area contributed by atoms with Gasteiger partial charge in [0.15, 0.2) is 11.5 Å². The number of aldehydes is 1. The highest BCUT2D eigenvalue weighted by Crippen LogP contribution is 2.38. The van der Waals surface area contributed by atoms with Crippen molar-refractivity contribution >= 4 is 12.4 Å². The van der Waals surface area contributed by atoms with Crippen LogP contribution in [-0.2, 0) is 4.74 Å². The van der Waals surface area contributed by atoms with Gasteiger partial charge in [0, 0.05) is 5.56 Å². The highest BCUT2D eigenvalue weighted by atomic mass is 16.7. The molecule has 0 amide bonds. The molecule has 0 bridgehead atoms. The molecule has 1 aromatic rings. The Morgan fingerprint density at radius 2 is 1.78 bits per heavy atom. The van der Waals surface area contributed by atoms with Crippen molar-refractivity contribution < 1.29 is 28.5 Å². The van der Waals surface area contributed by atoms with Gasteiger partial charge in [-0.15, -0.1) is 0 Å². The van der Waals surface area contributed by atoms with Crippen molar-refractivity contribution in [3.63, 3.8) is 0 Å². The van der Waals surface area contributed by atoms with E-state index in [1.807, 2.05) is 0 Å². The van der Waals surface area contributed by atoms with E-state index in [-0.39, 0.29) is 23.9 Å². The van der Waals surface area contributed by atoms with Crippen LogP contribution in [0, 0.1) is 0 Å². The summed E-state index contributed by atoms with van der Waals surface area (Å²) in [4.78, 5) is 22.0. The Labute approximate surface area is 104 Å². The van der Waals surface area contributed by atoms with Crippen molar-refractivity contribution in [3.8, 4) is 17.2 Å². The normalized spacial score (nSPS) is 9.50. The lowest BCUT2D eigenvalue weighted by atomic mass is 10.2. The summed E-state index contributed by atoms with van der Waals surface area (Å²) in [5, 5.41) is 0. The molecule has 0 saturated carbocycles. The van der Waals surface area contributed by atoms with Crippen LogP contribution in [0.3, 0.4) is 0 Å². The molecular formula is C12H14O6. The van der Waals surface area contributed by atoms with Crippen LogP contribution in [0.2, 0.25) is 0 Å². The van der Waals surface area contributed by atoms with E-state index < -0.39 is 6.16 Å². The lowest BCUT2D eigenvalue weighted by molar-refractivity contribution is 0.102. The number of ether oxygens (including phenoxy) is 4. The second-order valence-electron chi connectivity index (χ2n) is 3.16. The zero-order valence-electron chi connectivity index (χ0n) is 10.4. The standard InChI is InChI=1S/C12H14O6/c1-4-17-12(14)18-11-9(15-2)5-8(7-13)6-10(11)16-3/h5-7H,4H2,1-3H3. The first-order valence-electron chi connectivity index (χ1n) is 5.22. The maximum absolute atomic E-state index is 11.3. The average Bonchev–Trinajstić information content (AvgIpc) is 2.39. The first-order valence-corrected chi connectivity index (χ1v) is 5.22. The van der Waals surface area contributed by atoms with E-state index in [1.165, 1.54) is 26.4 Å². The van der Waals surface area contributed by atoms with Gasteiger partial charge < -0.3 is 18.9 Å². The summed E-state index contributed by atoms with van der Waals surface area (Å²) in [6.45, 7) is 1.85. The Kier molecular flexibility index (Phi) is 4.98. The van der Waals surface area contributed by atoms with Crippen LogP contribution in [0.1, 0.15) is 17.3 Å². The molecule has 0 N–H and O–H groups in total. The van der Waals surface area contributed by atoms with Crippen molar-refractivity contribution in [2.75, 3.05) is 20.8 Å². The van der Waals surface area contributed by atoms with Crippen molar-refractivity contribution in [2.45, 2.75) is 6.92 Å². The predicted molar refractivity (Wildman–Crippen MR) is 62.6 cm³/mol. The first kappa shape index (κ1) is 13.8. The fourth-order valence-electron chi connectivity index (χ4n) is 1.30. The topological polar surface area (TPSA) is 71.1 Å². The smallest absolute Gasteiger partial charge is 0.493 e. The highest BCUT2D eigenvalue weighted by Gasteiger charge is 2.18. The van der Waals surface area contributed by atoms with Crippen molar-refractivity contribution in [1.82, 2.24) is 0 Å². The monoisotopic (exact) mass is 254 g/mol. The van der Waals surface area contributed by atoms with Gasteiger partial charge in [0.25, 0.3) is 0 Å². The largest absolute Gasteiger partial charge is 0.514 e. The number of carbonyl (C=O) groups excluding carboxylic acids is 2. The Balaban J connectivity index is 3.14. The highest BCUT2D eigenvalue weighted by molar-refractivity contribution is 5.79. The summed E-state index contributed by atoms with van der Waals surface area (Å²) in [5.74, 6) is 0.498. The Hall–Kier alpha value is -2.24. The summed E-state index contributed by atoms with van der Waals surface area (Å²) in [7, 11) is 2.78. The Bertz CT molecular complexity index is 415. The lowest BCUT2D eigenvalue weighted by Gasteiger charge is -2.13. The first-order chi connectivity index (χ1) is 8.65. The van der Waals surface area contributed by atoms with E-state index in [9.17, 15) is 9.59 Å². The van der Waals surface area contributed by atoms with E-state index in [0.29, 0.717) is 11.8 Å². The van der Waals surface area contributed by atoms with Gasteiger partial charge >= 0.3 is 6.16 Å². The molecule has 0 fully saturated rings. The molecule has 1 aromatic carbocycles. The minimum absolute atomic E-state index is 0.0732. The quantitative estimate of drug-likeness (QED) is 0.455. The van der Waals surface area contributed by atoms with E-state index in [0.717, 1.165) is 0 Å². The second-order valence-corrected chi connectivity index (χ2v) is 3.16. The molecule has 1 rings (SSSR count). The molecule has 6 heteroatoms. The fraction of sp³-hybridized carbons (Fsp3) is 0.333. The third-order valence-electron chi connectivity index (χ3n) is 2.07. The summed E-state index contributed by atoms with van der Waals surface area (Å²) >= 11 is 0. The number of hydrogen-bond donors (Lipinski definition) is 0. The van der Waals surface area contributed by atoms with E-state index in [4.69, 9.17) is 14.2 Å². The number of benzene rings is 1. The van der Waals surface area contributed by atoms with Gasteiger partial charge in [-0.25, -0.2) is 4.79 Å². The van der Waals surface area contributed by atoms with Gasteiger partial charge in [0.05, 0.1) is 20.8 Å². The molecule has 0 aliphatic carbocycles. The molecule has 18 heavy (non-hydrogen) atoms. The zero-order chi connectivity index (χ0) is 13.5. The SMILES string of the molecule is CCOC(=O)Oc1c(OC)cc(C=O)cc1OC. The van der Waals surface area contributed by atoms with Gasteiger partial charge in [0.2, 0.25) is 5.75 Å². The summed E-state index contributed by atoms with van der Waals surface area (Å²) < 4.78 is 19.7. The molecule has 0 unspecified atom stereocenters. The van der Waals surface area contributed by atoms with Gasteiger partial charge in [-0.3, -0.25) is 4.79 Å². The van der Waals surface area contributed by atoms with Crippen LogP contribution in [0.5, 0.6) is 17.2 Å². The number of methoxy groups -OCH3 is 2. The average molecular weight is 254 g/mol. The van der Waals surface area contributed by atoms with Gasteiger partial charge in [-0.2, -0.15) is 0 Å². The molecule has 0 heterocycles. The molecule has 0 spiro atoms. The maximum Gasteiger partial charge on any atom is 0.514 e. The van der Waals surface area contributed by atoms with Crippen LogP contribution >= 0.6 is 0 Å².